The van der Waals surface area contributed by atoms with Crippen LogP contribution in [-0.4, -0.2) is 24.8 Å². The van der Waals surface area contributed by atoms with Crippen molar-refractivity contribution in [1.29, 1.82) is 0 Å². The molecular weight excluding hydrogens is 264 g/mol. The summed E-state index contributed by atoms with van der Waals surface area (Å²) >= 11 is 3.56. The first-order chi connectivity index (χ1) is 6.52. The Bertz CT molecular complexity index is 224. The van der Waals surface area contributed by atoms with Crippen molar-refractivity contribution >= 4 is 25.8 Å². The molecule has 0 amide bonds. The first-order valence-electron chi connectivity index (χ1n) is 5.36. The Morgan fingerprint density at radius 2 is 1.79 bits per heavy atom. The van der Waals surface area contributed by atoms with Gasteiger partial charge in [-0.05, 0) is 19.3 Å². The van der Waals surface area contributed by atoms with Crippen LogP contribution in [0.1, 0.15) is 46.0 Å². The van der Waals surface area contributed by atoms with Crippen molar-refractivity contribution in [3.8, 4) is 0 Å². The van der Waals surface area contributed by atoms with E-state index in [1.54, 1.807) is 6.92 Å². The Morgan fingerprint density at radius 1 is 1.14 bits per heavy atom. The smallest absolute Gasteiger partial charge is 0.150 e. The van der Waals surface area contributed by atoms with E-state index in [-0.39, 0.29) is 5.75 Å². The molecule has 0 radical (unpaired) electrons. The highest BCUT2D eigenvalue weighted by Gasteiger charge is 2.06. The highest BCUT2D eigenvalue weighted by atomic mass is 79.9. The van der Waals surface area contributed by atoms with Crippen molar-refractivity contribution in [3.05, 3.63) is 0 Å². The third kappa shape index (κ3) is 7.80. The molecule has 0 aliphatic heterocycles. The van der Waals surface area contributed by atoms with E-state index in [0.717, 1.165) is 32.1 Å². The quantitative estimate of drug-likeness (QED) is 0.507. The van der Waals surface area contributed by atoms with Gasteiger partial charge in [0.1, 0.15) is 9.84 Å². The fraction of sp³-hybridized carbons (Fsp3) is 1.00. The predicted molar refractivity (Wildman–Crippen MR) is 65.8 cm³/mol. The van der Waals surface area contributed by atoms with Gasteiger partial charge in [-0.15, -0.1) is 0 Å². The van der Waals surface area contributed by atoms with Crippen LogP contribution in [-0.2, 0) is 9.84 Å². The van der Waals surface area contributed by atoms with Gasteiger partial charge in [0.15, 0.2) is 0 Å². The third-order valence-corrected chi connectivity index (χ3v) is 5.25. The first kappa shape index (κ1) is 14.4. The van der Waals surface area contributed by atoms with E-state index in [2.05, 4.69) is 22.9 Å². The summed E-state index contributed by atoms with van der Waals surface area (Å²) < 4.78 is 22.3. The van der Waals surface area contributed by atoms with Gasteiger partial charge < -0.3 is 0 Å². The molecule has 0 aromatic rings. The second-order valence-electron chi connectivity index (χ2n) is 3.59. The zero-order valence-electron chi connectivity index (χ0n) is 9.13. The molecule has 0 aromatic carbocycles. The Balaban J connectivity index is 3.39. The number of hydrogen-bond acceptors (Lipinski definition) is 2. The number of hydrogen-bond donors (Lipinski definition) is 0. The highest BCUT2D eigenvalue weighted by molar-refractivity contribution is 9.09. The molecule has 0 bridgehead atoms. The second kappa shape index (κ2) is 7.69. The lowest BCUT2D eigenvalue weighted by Crippen LogP contribution is -2.08. The van der Waals surface area contributed by atoms with Crippen LogP contribution in [0.3, 0.4) is 0 Å². The average Bonchev–Trinajstić information content (AvgIpc) is 2.17. The van der Waals surface area contributed by atoms with E-state index in [1.165, 1.54) is 0 Å². The Morgan fingerprint density at radius 3 is 2.29 bits per heavy atom. The summed E-state index contributed by atoms with van der Waals surface area (Å²) in [5, 5.41) is 0. The van der Waals surface area contributed by atoms with Crippen LogP contribution >= 0.6 is 15.9 Å². The first-order valence-corrected chi connectivity index (χ1v) is 8.10. The molecule has 0 saturated heterocycles. The minimum atomic E-state index is -2.74. The fourth-order valence-electron chi connectivity index (χ4n) is 1.21. The molecule has 4 heteroatoms. The summed E-state index contributed by atoms with van der Waals surface area (Å²) in [6, 6.07) is 0. The van der Waals surface area contributed by atoms with E-state index in [9.17, 15) is 8.42 Å². The molecule has 0 saturated carbocycles. The third-order valence-electron chi connectivity index (χ3n) is 2.36. The van der Waals surface area contributed by atoms with Crippen LogP contribution in [0.4, 0.5) is 0 Å². The van der Waals surface area contributed by atoms with Gasteiger partial charge in [-0.1, -0.05) is 42.6 Å². The van der Waals surface area contributed by atoms with Crippen molar-refractivity contribution < 1.29 is 8.42 Å². The van der Waals surface area contributed by atoms with Crippen LogP contribution in [0, 0.1) is 0 Å². The monoisotopic (exact) mass is 284 g/mol. The zero-order valence-corrected chi connectivity index (χ0v) is 11.5. The zero-order chi connectivity index (χ0) is 11.0. The van der Waals surface area contributed by atoms with E-state index >= 15 is 0 Å². The second-order valence-corrected chi connectivity index (χ2v) is 7.36. The Labute approximate surface area is 96.5 Å². The SMILES string of the molecule is CCC(Br)CCCCCS(=O)(=O)CC. The van der Waals surface area contributed by atoms with E-state index in [1.807, 2.05) is 0 Å². The molecule has 1 atom stereocenters. The summed E-state index contributed by atoms with van der Waals surface area (Å²) in [5.74, 6) is 0.644. The van der Waals surface area contributed by atoms with Crippen molar-refractivity contribution in [2.75, 3.05) is 11.5 Å². The van der Waals surface area contributed by atoms with Crippen LogP contribution in [0.15, 0.2) is 0 Å². The maximum Gasteiger partial charge on any atom is 0.150 e. The molecule has 0 rings (SSSR count). The van der Waals surface area contributed by atoms with Crippen molar-refractivity contribution in [3.63, 3.8) is 0 Å². The standard InChI is InChI=1S/C10H21BrO2S/c1-3-10(11)8-6-5-7-9-14(12,13)4-2/h10H,3-9H2,1-2H3. The minimum Gasteiger partial charge on any atom is -0.229 e. The summed E-state index contributed by atoms with van der Waals surface area (Å²) in [6.45, 7) is 3.86. The lowest BCUT2D eigenvalue weighted by atomic mass is 10.1. The van der Waals surface area contributed by atoms with Crippen LogP contribution in [0.25, 0.3) is 0 Å². The molecule has 1 unspecified atom stereocenters. The molecule has 0 aliphatic carbocycles. The molecule has 0 heterocycles. The maximum absolute atomic E-state index is 11.1. The summed E-state index contributed by atoms with van der Waals surface area (Å²) in [7, 11) is -2.74. The van der Waals surface area contributed by atoms with Gasteiger partial charge in [0.05, 0.1) is 5.75 Å². The molecule has 0 spiro atoms. The Hall–Kier alpha value is 0.430. The van der Waals surface area contributed by atoms with Crippen molar-refractivity contribution in [1.82, 2.24) is 0 Å². The van der Waals surface area contributed by atoms with Gasteiger partial charge in [-0.3, -0.25) is 0 Å². The molecule has 0 fully saturated rings. The molecule has 0 N–H and O–H groups in total. The summed E-state index contributed by atoms with van der Waals surface area (Å²) in [4.78, 5) is 0.602. The van der Waals surface area contributed by atoms with Gasteiger partial charge in [0, 0.05) is 10.6 Å². The molecule has 2 nitrogen and oxygen atoms in total. The van der Waals surface area contributed by atoms with Gasteiger partial charge in [0.2, 0.25) is 0 Å². The number of rotatable bonds is 8. The van der Waals surface area contributed by atoms with Gasteiger partial charge in [-0.2, -0.15) is 0 Å². The molecule has 0 aromatic heterocycles. The lowest BCUT2D eigenvalue weighted by molar-refractivity contribution is 0.587. The summed E-state index contributed by atoms with van der Waals surface area (Å²) in [6.07, 6.45) is 5.28. The number of alkyl halides is 1. The normalized spacial score (nSPS) is 14.2. The van der Waals surface area contributed by atoms with Gasteiger partial charge in [0.25, 0.3) is 0 Å². The van der Waals surface area contributed by atoms with E-state index in [4.69, 9.17) is 0 Å². The maximum atomic E-state index is 11.1. The van der Waals surface area contributed by atoms with Crippen LogP contribution < -0.4 is 0 Å². The molecule has 14 heavy (non-hydrogen) atoms. The van der Waals surface area contributed by atoms with Gasteiger partial charge >= 0.3 is 0 Å². The Kier molecular flexibility index (Phi) is 7.92. The van der Waals surface area contributed by atoms with Gasteiger partial charge in [-0.25, -0.2) is 8.42 Å². The van der Waals surface area contributed by atoms with Crippen LogP contribution in [0.2, 0.25) is 0 Å². The van der Waals surface area contributed by atoms with E-state index in [0.29, 0.717) is 10.6 Å². The van der Waals surface area contributed by atoms with Crippen molar-refractivity contribution in [2.45, 2.75) is 50.8 Å². The van der Waals surface area contributed by atoms with Crippen LogP contribution in [0.5, 0.6) is 0 Å². The highest BCUT2D eigenvalue weighted by Crippen LogP contribution is 2.14. The van der Waals surface area contributed by atoms with Crippen molar-refractivity contribution in [2.24, 2.45) is 0 Å². The fourth-order valence-corrected chi connectivity index (χ4v) is 2.47. The molecule has 86 valence electrons. The average molecular weight is 285 g/mol. The largest absolute Gasteiger partial charge is 0.229 e. The van der Waals surface area contributed by atoms with E-state index < -0.39 is 9.84 Å². The number of halogens is 1. The lowest BCUT2D eigenvalue weighted by Gasteiger charge is -2.05. The molecule has 0 aliphatic rings. The minimum absolute atomic E-state index is 0.281. The predicted octanol–water partition coefficient (Wildman–Crippen LogP) is 3.16. The summed E-state index contributed by atoms with van der Waals surface area (Å²) in [5.41, 5.74) is 0. The number of sulfone groups is 1. The molecular formula is C10H21BrO2S. The topological polar surface area (TPSA) is 34.1 Å². The number of unbranched alkanes of at least 4 members (excludes halogenated alkanes) is 2.